The average Bonchev–Trinajstić information content (AvgIpc) is 2.15. The van der Waals surface area contributed by atoms with Crippen LogP contribution in [0.2, 0.25) is 0 Å². The van der Waals surface area contributed by atoms with Gasteiger partial charge in [0.1, 0.15) is 0 Å². The van der Waals surface area contributed by atoms with Crippen LogP contribution in [0.1, 0.15) is 30.9 Å². The lowest BCUT2D eigenvalue weighted by molar-refractivity contribution is 0.147. The van der Waals surface area contributed by atoms with E-state index in [-0.39, 0.29) is 0 Å². The molecule has 1 aromatic carbocycles. The number of hydrogen-bond donors (Lipinski definition) is 0. The van der Waals surface area contributed by atoms with Crippen LogP contribution < -0.4 is 0 Å². The molecule has 1 nitrogen and oxygen atoms in total. The fourth-order valence-electron chi connectivity index (χ4n) is 1.19. The summed E-state index contributed by atoms with van der Waals surface area (Å²) in [6, 6.07) is 8.55. The van der Waals surface area contributed by atoms with Crippen molar-refractivity contribution in [2.45, 2.75) is 26.4 Å². The van der Waals surface area contributed by atoms with Crippen molar-refractivity contribution >= 4 is 0 Å². The van der Waals surface area contributed by atoms with E-state index in [1.54, 1.807) is 0 Å². The molecular weight excluding hydrogens is 160 g/mol. The Hall–Kier alpha value is -0.820. The summed E-state index contributed by atoms with van der Waals surface area (Å²) in [6.07, 6.45) is 0. The zero-order valence-corrected chi connectivity index (χ0v) is 8.42. The molecule has 1 aromatic rings. The van der Waals surface area contributed by atoms with Gasteiger partial charge >= 0.3 is 0 Å². The van der Waals surface area contributed by atoms with Crippen LogP contribution in [0.25, 0.3) is 0 Å². The molecule has 0 N–H and O–H groups in total. The molecule has 0 spiro atoms. The molecule has 1 rings (SSSR count). The van der Waals surface area contributed by atoms with Gasteiger partial charge in [-0.3, -0.25) is 0 Å². The minimum absolute atomic E-state index is 0.534. The maximum atomic E-state index is 5.21. The largest absolute Gasteiger partial charge is 0.377 e. The molecule has 0 aliphatic rings. The molecule has 0 aliphatic carbocycles. The van der Waals surface area contributed by atoms with Crippen LogP contribution in [-0.4, -0.2) is 6.61 Å². The molecular formula is C12H17O. The Labute approximate surface area is 80.7 Å². The number of hydrogen-bond acceptors (Lipinski definition) is 1. The van der Waals surface area contributed by atoms with Gasteiger partial charge < -0.3 is 4.74 Å². The van der Waals surface area contributed by atoms with Crippen molar-refractivity contribution in [1.82, 2.24) is 0 Å². The number of rotatable bonds is 4. The second-order valence-electron chi connectivity index (χ2n) is 3.45. The van der Waals surface area contributed by atoms with E-state index in [0.717, 1.165) is 0 Å². The summed E-state index contributed by atoms with van der Waals surface area (Å²) in [5.74, 6) is 0.600. The molecule has 71 valence electrons. The van der Waals surface area contributed by atoms with Crippen molar-refractivity contribution in [3.05, 3.63) is 42.3 Å². The molecule has 0 aromatic heterocycles. The normalized spacial score (nSPS) is 10.8. The van der Waals surface area contributed by atoms with Gasteiger partial charge in [-0.15, -0.1) is 0 Å². The van der Waals surface area contributed by atoms with E-state index in [2.05, 4.69) is 45.0 Å². The first kappa shape index (κ1) is 10.3. The molecule has 1 heteroatoms. The zero-order chi connectivity index (χ0) is 9.68. The van der Waals surface area contributed by atoms with E-state index in [1.165, 1.54) is 11.1 Å². The molecule has 0 heterocycles. The van der Waals surface area contributed by atoms with Gasteiger partial charge in [0, 0.05) is 6.61 Å². The lowest BCUT2D eigenvalue weighted by Crippen LogP contribution is -1.93. The van der Waals surface area contributed by atoms with Crippen LogP contribution >= 0.6 is 0 Å². The van der Waals surface area contributed by atoms with Crippen LogP contribution in [0.15, 0.2) is 24.3 Å². The monoisotopic (exact) mass is 177 g/mol. The van der Waals surface area contributed by atoms with Gasteiger partial charge in [0.2, 0.25) is 0 Å². The lowest BCUT2D eigenvalue weighted by Gasteiger charge is -2.06. The second-order valence-corrected chi connectivity index (χ2v) is 3.45. The Kier molecular flexibility index (Phi) is 3.97. The third kappa shape index (κ3) is 3.19. The standard InChI is InChI=1S/C12H17O/c1-4-13-9-11-5-7-12(8-6-11)10(2)3/h5-8,10H,1,4,9H2,2-3H3. The van der Waals surface area contributed by atoms with Gasteiger partial charge in [-0.2, -0.15) is 0 Å². The third-order valence-corrected chi connectivity index (χ3v) is 2.06. The van der Waals surface area contributed by atoms with Gasteiger partial charge in [0.25, 0.3) is 0 Å². The van der Waals surface area contributed by atoms with Gasteiger partial charge in [0.15, 0.2) is 0 Å². The molecule has 0 unspecified atom stereocenters. The maximum Gasteiger partial charge on any atom is 0.0716 e. The molecule has 0 atom stereocenters. The van der Waals surface area contributed by atoms with Gasteiger partial charge in [-0.25, -0.2) is 0 Å². The third-order valence-electron chi connectivity index (χ3n) is 2.06. The Morgan fingerprint density at radius 3 is 2.31 bits per heavy atom. The number of benzene rings is 1. The van der Waals surface area contributed by atoms with Crippen molar-refractivity contribution in [1.29, 1.82) is 0 Å². The fourth-order valence-corrected chi connectivity index (χ4v) is 1.19. The average molecular weight is 177 g/mol. The highest BCUT2D eigenvalue weighted by Crippen LogP contribution is 2.14. The van der Waals surface area contributed by atoms with Crippen LogP contribution in [0.4, 0.5) is 0 Å². The molecule has 0 saturated heterocycles. The van der Waals surface area contributed by atoms with Crippen LogP contribution in [0.3, 0.4) is 0 Å². The summed E-state index contributed by atoms with van der Waals surface area (Å²) in [5, 5.41) is 0. The Balaban J connectivity index is 2.59. The number of ether oxygens (including phenoxy) is 1. The highest BCUT2D eigenvalue weighted by atomic mass is 16.5. The Morgan fingerprint density at radius 2 is 1.85 bits per heavy atom. The molecule has 0 amide bonds. The van der Waals surface area contributed by atoms with Crippen LogP contribution in [0, 0.1) is 6.92 Å². The molecule has 13 heavy (non-hydrogen) atoms. The summed E-state index contributed by atoms with van der Waals surface area (Å²) in [7, 11) is 0. The highest BCUT2D eigenvalue weighted by molar-refractivity contribution is 5.24. The smallest absolute Gasteiger partial charge is 0.0716 e. The fraction of sp³-hybridized carbons (Fsp3) is 0.417. The molecule has 0 aliphatic heterocycles. The molecule has 0 bridgehead atoms. The highest BCUT2D eigenvalue weighted by Gasteiger charge is 1.98. The van der Waals surface area contributed by atoms with Crippen molar-refractivity contribution in [3.63, 3.8) is 0 Å². The van der Waals surface area contributed by atoms with Gasteiger partial charge in [-0.05, 0) is 24.0 Å². The van der Waals surface area contributed by atoms with E-state index in [1.807, 2.05) is 0 Å². The minimum Gasteiger partial charge on any atom is -0.377 e. The Bertz CT molecular complexity index is 236. The summed E-state index contributed by atoms with van der Waals surface area (Å²) in [4.78, 5) is 0. The van der Waals surface area contributed by atoms with E-state index in [0.29, 0.717) is 19.1 Å². The van der Waals surface area contributed by atoms with E-state index in [9.17, 15) is 0 Å². The minimum atomic E-state index is 0.534. The van der Waals surface area contributed by atoms with Crippen molar-refractivity contribution in [2.24, 2.45) is 0 Å². The van der Waals surface area contributed by atoms with E-state index >= 15 is 0 Å². The van der Waals surface area contributed by atoms with Crippen molar-refractivity contribution in [3.8, 4) is 0 Å². The first-order chi connectivity index (χ1) is 6.24. The quantitative estimate of drug-likeness (QED) is 0.686. The van der Waals surface area contributed by atoms with Crippen molar-refractivity contribution < 1.29 is 4.74 Å². The zero-order valence-electron chi connectivity index (χ0n) is 8.42. The predicted octanol–water partition coefficient (Wildman–Crippen LogP) is 3.16. The maximum absolute atomic E-state index is 5.21. The SMILES string of the molecule is [CH2]COCc1ccc(C(C)C)cc1. The Morgan fingerprint density at radius 1 is 1.23 bits per heavy atom. The lowest BCUT2D eigenvalue weighted by atomic mass is 10.0. The van der Waals surface area contributed by atoms with E-state index < -0.39 is 0 Å². The first-order valence-corrected chi connectivity index (χ1v) is 4.70. The first-order valence-electron chi connectivity index (χ1n) is 4.70. The molecule has 1 radical (unpaired) electrons. The topological polar surface area (TPSA) is 9.23 Å². The summed E-state index contributed by atoms with van der Waals surface area (Å²) in [5.41, 5.74) is 2.59. The molecule has 0 fully saturated rings. The van der Waals surface area contributed by atoms with Crippen LogP contribution in [-0.2, 0) is 11.3 Å². The summed E-state index contributed by atoms with van der Waals surface area (Å²) >= 11 is 0. The summed E-state index contributed by atoms with van der Waals surface area (Å²) in [6.45, 7) is 9.22. The van der Waals surface area contributed by atoms with Crippen LogP contribution in [0.5, 0.6) is 0 Å². The van der Waals surface area contributed by atoms with Gasteiger partial charge in [-0.1, -0.05) is 38.1 Å². The predicted molar refractivity (Wildman–Crippen MR) is 55.5 cm³/mol. The second kappa shape index (κ2) is 5.03. The van der Waals surface area contributed by atoms with Crippen molar-refractivity contribution in [2.75, 3.05) is 6.61 Å². The summed E-state index contributed by atoms with van der Waals surface area (Å²) < 4.78 is 5.21. The molecule has 0 saturated carbocycles. The van der Waals surface area contributed by atoms with E-state index in [4.69, 9.17) is 4.74 Å². The van der Waals surface area contributed by atoms with Gasteiger partial charge in [0.05, 0.1) is 6.61 Å².